The van der Waals surface area contributed by atoms with Crippen molar-refractivity contribution < 1.29 is 0 Å². The Morgan fingerprint density at radius 3 is 1.57 bits per heavy atom. The molecule has 0 aromatic carbocycles. The molecule has 0 nitrogen and oxygen atoms in total. The molecule has 3 aliphatic heterocycles. The normalized spacial score (nSPS) is 46.3. The van der Waals surface area contributed by atoms with Crippen molar-refractivity contribution in [2.75, 3.05) is 11.5 Å². The molecule has 0 N–H and O–H groups in total. The van der Waals surface area contributed by atoms with Crippen LogP contribution in [-0.2, 0) is 0 Å². The van der Waals surface area contributed by atoms with E-state index in [0.717, 1.165) is 40.4 Å². The van der Waals surface area contributed by atoms with Crippen LogP contribution in [0.3, 0.4) is 0 Å². The van der Waals surface area contributed by atoms with Crippen LogP contribution in [0.5, 0.6) is 0 Å². The standard InChI is InChI=1S/C10H16S2Se2/c1(7-3-11-7)9-5-14-10(6-13-9)2-8-4-12-8/h7-10H,1-6H2. The summed E-state index contributed by atoms with van der Waals surface area (Å²) in [4.78, 5) is 2.40. The Kier molecular flexibility index (Phi) is 3.83. The van der Waals surface area contributed by atoms with Crippen molar-refractivity contribution in [2.45, 2.75) is 43.6 Å². The Labute approximate surface area is 108 Å². The quantitative estimate of drug-likeness (QED) is 0.560. The van der Waals surface area contributed by atoms with Crippen LogP contribution in [0.2, 0.25) is 20.3 Å². The Bertz CT molecular complexity index is 174. The van der Waals surface area contributed by atoms with E-state index in [9.17, 15) is 0 Å². The molecule has 14 heavy (non-hydrogen) atoms. The van der Waals surface area contributed by atoms with Crippen LogP contribution >= 0.6 is 23.5 Å². The van der Waals surface area contributed by atoms with Gasteiger partial charge in [-0.05, 0) is 0 Å². The van der Waals surface area contributed by atoms with Crippen LogP contribution in [0.1, 0.15) is 12.8 Å². The van der Waals surface area contributed by atoms with E-state index < -0.39 is 0 Å². The van der Waals surface area contributed by atoms with Crippen LogP contribution < -0.4 is 0 Å². The van der Waals surface area contributed by atoms with Crippen LogP contribution in [0.4, 0.5) is 0 Å². The third kappa shape index (κ3) is 3.37. The van der Waals surface area contributed by atoms with Crippen molar-refractivity contribution in [3.05, 3.63) is 0 Å². The first kappa shape index (κ1) is 10.9. The van der Waals surface area contributed by atoms with Crippen LogP contribution in [0, 0.1) is 0 Å². The maximum atomic E-state index is 2.20. The fourth-order valence-corrected chi connectivity index (χ4v) is 12.1. The molecule has 80 valence electrons. The summed E-state index contributed by atoms with van der Waals surface area (Å²) < 4.78 is 0. The van der Waals surface area contributed by atoms with Crippen molar-refractivity contribution in [3.8, 4) is 0 Å². The van der Waals surface area contributed by atoms with Gasteiger partial charge in [-0.2, -0.15) is 0 Å². The summed E-state index contributed by atoms with van der Waals surface area (Å²) in [5.74, 6) is 2.98. The molecule has 0 amide bonds. The zero-order chi connectivity index (χ0) is 9.38. The van der Waals surface area contributed by atoms with Crippen LogP contribution in [0.25, 0.3) is 0 Å². The van der Waals surface area contributed by atoms with E-state index in [2.05, 4.69) is 23.5 Å². The molecule has 3 saturated heterocycles. The molecule has 0 bridgehead atoms. The Morgan fingerprint density at radius 1 is 0.857 bits per heavy atom. The monoisotopic (exact) mass is 360 g/mol. The number of hydrogen-bond acceptors (Lipinski definition) is 2. The molecule has 3 fully saturated rings. The third-order valence-corrected chi connectivity index (χ3v) is 13.0. The summed E-state index contributed by atoms with van der Waals surface area (Å²) >= 11 is 6.44. The molecule has 3 aliphatic rings. The van der Waals surface area contributed by atoms with E-state index in [1.165, 1.54) is 21.1 Å². The topological polar surface area (TPSA) is 0 Å². The fraction of sp³-hybridized carbons (Fsp3) is 1.00. The van der Waals surface area contributed by atoms with Gasteiger partial charge in [0.1, 0.15) is 0 Å². The van der Waals surface area contributed by atoms with Gasteiger partial charge in [-0.3, -0.25) is 0 Å². The molecule has 0 aromatic heterocycles. The fourth-order valence-electron chi connectivity index (χ4n) is 1.85. The van der Waals surface area contributed by atoms with Gasteiger partial charge < -0.3 is 0 Å². The van der Waals surface area contributed by atoms with Gasteiger partial charge in [-0.15, -0.1) is 0 Å². The molecule has 0 radical (unpaired) electrons. The van der Waals surface area contributed by atoms with E-state index in [-0.39, 0.29) is 0 Å². The van der Waals surface area contributed by atoms with Gasteiger partial charge in [0.05, 0.1) is 0 Å². The average molecular weight is 358 g/mol. The number of rotatable bonds is 4. The minimum absolute atomic E-state index is 1.02. The van der Waals surface area contributed by atoms with Gasteiger partial charge in [0.15, 0.2) is 0 Å². The van der Waals surface area contributed by atoms with Gasteiger partial charge >= 0.3 is 109 Å². The molecule has 4 heteroatoms. The summed E-state index contributed by atoms with van der Waals surface area (Å²) in [6, 6.07) is 0. The second-order valence-electron chi connectivity index (χ2n) is 4.29. The summed E-state index contributed by atoms with van der Waals surface area (Å²) in [5, 5.41) is 5.50. The van der Waals surface area contributed by atoms with Crippen molar-refractivity contribution in [2.24, 2.45) is 0 Å². The molecular weight excluding hydrogens is 342 g/mol. The van der Waals surface area contributed by atoms with Gasteiger partial charge in [0.25, 0.3) is 0 Å². The number of thioether (sulfide) groups is 2. The Hall–Kier alpha value is 1.74. The summed E-state index contributed by atoms with van der Waals surface area (Å²) in [6.07, 6.45) is 3.19. The van der Waals surface area contributed by atoms with Crippen molar-refractivity contribution >= 4 is 53.4 Å². The van der Waals surface area contributed by atoms with Gasteiger partial charge in [0, 0.05) is 0 Å². The summed E-state index contributed by atoms with van der Waals surface area (Å²) in [5.41, 5.74) is 0. The molecule has 4 unspecified atom stereocenters. The minimum atomic E-state index is 1.02. The van der Waals surface area contributed by atoms with Crippen LogP contribution in [-0.4, -0.2) is 51.9 Å². The van der Waals surface area contributed by atoms with E-state index in [1.807, 2.05) is 0 Å². The summed E-state index contributed by atoms with van der Waals surface area (Å²) in [6.45, 7) is 0. The maximum absolute atomic E-state index is 2.20. The predicted molar refractivity (Wildman–Crippen MR) is 70.3 cm³/mol. The van der Waals surface area contributed by atoms with Crippen molar-refractivity contribution in [3.63, 3.8) is 0 Å². The number of hydrogen-bond donors (Lipinski definition) is 0. The molecule has 4 atom stereocenters. The zero-order valence-corrected chi connectivity index (χ0v) is 13.2. The van der Waals surface area contributed by atoms with E-state index in [0.29, 0.717) is 0 Å². The molecule has 0 saturated carbocycles. The molecular formula is C10H16S2Se2. The molecule has 3 heterocycles. The first-order chi connectivity index (χ1) is 6.90. The second-order valence-corrected chi connectivity index (χ2v) is 12.6. The van der Waals surface area contributed by atoms with Gasteiger partial charge in [0.2, 0.25) is 0 Å². The Balaban J connectivity index is 1.37. The van der Waals surface area contributed by atoms with Gasteiger partial charge in [-0.25, -0.2) is 0 Å². The SMILES string of the molecule is C1SC1CC1C[Se]C(CC2CS2)C[Se]1. The van der Waals surface area contributed by atoms with E-state index >= 15 is 0 Å². The van der Waals surface area contributed by atoms with Crippen molar-refractivity contribution in [1.29, 1.82) is 0 Å². The molecule has 0 aliphatic carbocycles. The van der Waals surface area contributed by atoms with Crippen LogP contribution in [0.15, 0.2) is 0 Å². The third-order valence-electron chi connectivity index (χ3n) is 2.89. The van der Waals surface area contributed by atoms with Gasteiger partial charge in [-0.1, -0.05) is 0 Å². The summed E-state index contributed by atoms with van der Waals surface area (Å²) in [7, 11) is 0. The van der Waals surface area contributed by atoms with E-state index in [1.54, 1.807) is 23.5 Å². The average Bonchev–Trinajstić information content (AvgIpc) is 3.02. The second kappa shape index (κ2) is 4.94. The molecule has 3 rings (SSSR count). The molecule has 0 spiro atoms. The van der Waals surface area contributed by atoms with E-state index in [4.69, 9.17) is 0 Å². The molecule has 0 aromatic rings. The van der Waals surface area contributed by atoms with Crippen molar-refractivity contribution in [1.82, 2.24) is 0 Å². The zero-order valence-electron chi connectivity index (χ0n) is 8.19. The Morgan fingerprint density at radius 2 is 1.29 bits per heavy atom. The predicted octanol–water partition coefficient (Wildman–Crippen LogP) is 2.83. The first-order valence-corrected chi connectivity index (χ1v) is 11.9. The first-order valence-electron chi connectivity index (χ1n) is 5.36.